The Morgan fingerprint density at radius 1 is 1.32 bits per heavy atom. The monoisotopic (exact) mass is 279 g/mol. The van der Waals surface area contributed by atoms with Gasteiger partial charge >= 0.3 is 0 Å². The van der Waals surface area contributed by atoms with Gasteiger partial charge in [0.2, 0.25) is 0 Å². The second-order valence-corrected chi connectivity index (χ2v) is 5.18. The minimum atomic E-state index is -0.326. The molecule has 0 radical (unpaired) electrons. The van der Waals surface area contributed by atoms with E-state index >= 15 is 0 Å². The van der Waals surface area contributed by atoms with E-state index in [1.54, 1.807) is 17.4 Å². The first-order chi connectivity index (χ1) is 9.24. The number of thiophene rings is 1. The number of rotatable bonds is 6. The van der Waals surface area contributed by atoms with Crippen LogP contribution < -0.4 is 10.1 Å². The number of hydrogen-bond donors (Lipinski definition) is 1. The summed E-state index contributed by atoms with van der Waals surface area (Å²) >= 11 is 1.71. The molecule has 0 amide bonds. The number of benzene rings is 1. The summed E-state index contributed by atoms with van der Waals surface area (Å²) in [6.45, 7) is 4.42. The molecule has 2 rings (SSSR count). The number of hydrogen-bond acceptors (Lipinski definition) is 3. The summed E-state index contributed by atoms with van der Waals surface area (Å²) < 4.78 is 19.0. The van der Waals surface area contributed by atoms with Gasteiger partial charge in [0.25, 0.3) is 0 Å². The molecule has 2 nitrogen and oxygen atoms in total. The van der Waals surface area contributed by atoms with Crippen LogP contribution in [0.3, 0.4) is 0 Å². The van der Waals surface area contributed by atoms with Crippen LogP contribution in [-0.2, 0) is 0 Å². The van der Waals surface area contributed by atoms with E-state index in [-0.39, 0.29) is 11.9 Å². The van der Waals surface area contributed by atoms with Crippen molar-refractivity contribution in [2.75, 3.05) is 11.9 Å². The van der Waals surface area contributed by atoms with E-state index in [9.17, 15) is 4.39 Å². The average molecular weight is 279 g/mol. The van der Waals surface area contributed by atoms with Crippen molar-refractivity contribution in [1.29, 1.82) is 0 Å². The Morgan fingerprint density at radius 2 is 2.16 bits per heavy atom. The second-order valence-electron chi connectivity index (χ2n) is 4.20. The molecule has 19 heavy (non-hydrogen) atoms. The summed E-state index contributed by atoms with van der Waals surface area (Å²) in [5.74, 6) is -0.0231. The number of ether oxygens (including phenoxy) is 1. The summed E-state index contributed by atoms with van der Waals surface area (Å²) in [5, 5.41) is 5.41. The Labute approximate surface area is 117 Å². The molecule has 1 unspecified atom stereocenters. The Hall–Kier alpha value is -1.55. The fraction of sp³-hybridized carbons (Fsp3) is 0.333. The average Bonchev–Trinajstić information content (AvgIpc) is 2.93. The predicted octanol–water partition coefficient (Wildman–Crippen LogP) is 4.85. The van der Waals surface area contributed by atoms with Gasteiger partial charge in [0.15, 0.2) is 11.6 Å². The molecule has 1 heterocycles. The van der Waals surface area contributed by atoms with Crippen LogP contribution in [0.4, 0.5) is 10.1 Å². The fourth-order valence-corrected chi connectivity index (χ4v) is 2.79. The van der Waals surface area contributed by atoms with Gasteiger partial charge in [-0.2, -0.15) is 0 Å². The maximum Gasteiger partial charge on any atom is 0.167 e. The smallest absolute Gasteiger partial charge is 0.167 e. The van der Waals surface area contributed by atoms with Crippen molar-refractivity contribution in [1.82, 2.24) is 0 Å². The lowest BCUT2D eigenvalue weighted by molar-refractivity contribution is 0.321. The highest BCUT2D eigenvalue weighted by Crippen LogP contribution is 2.28. The van der Waals surface area contributed by atoms with Gasteiger partial charge in [0, 0.05) is 16.6 Å². The zero-order chi connectivity index (χ0) is 13.7. The van der Waals surface area contributed by atoms with Gasteiger partial charge in [-0.15, -0.1) is 11.3 Å². The Bertz CT molecular complexity index is 513. The van der Waals surface area contributed by atoms with Crippen LogP contribution in [0.15, 0.2) is 35.7 Å². The molecule has 0 spiro atoms. The van der Waals surface area contributed by atoms with Crippen molar-refractivity contribution in [3.63, 3.8) is 0 Å². The number of nitrogens with one attached hydrogen (secondary N) is 1. The second kappa shape index (κ2) is 6.57. The van der Waals surface area contributed by atoms with Crippen LogP contribution in [0, 0.1) is 5.82 Å². The van der Waals surface area contributed by atoms with Gasteiger partial charge in [0.1, 0.15) is 0 Å². The van der Waals surface area contributed by atoms with Crippen molar-refractivity contribution in [2.45, 2.75) is 26.3 Å². The number of anilines is 1. The standard InChI is InChI=1S/C15H18FNOS/c1-3-13(15-6-5-9-19-15)17-11-7-8-14(18-4-2)12(16)10-11/h5-10,13,17H,3-4H2,1-2H3. The Balaban J connectivity index is 2.12. The van der Waals surface area contributed by atoms with Crippen LogP contribution in [0.1, 0.15) is 31.2 Å². The van der Waals surface area contributed by atoms with Crippen LogP contribution in [-0.4, -0.2) is 6.61 Å². The molecule has 0 aliphatic rings. The summed E-state index contributed by atoms with van der Waals surface area (Å²) in [7, 11) is 0. The van der Waals surface area contributed by atoms with E-state index in [0.717, 1.165) is 12.1 Å². The highest BCUT2D eigenvalue weighted by molar-refractivity contribution is 7.10. The number of halogens is 1. The third-order valence-electron chi connectivity index (χ3n) is 2.87. The molecule has 4 heteroatoms. The van der Waals surface area contributed by atoms with Gasteiger partial charge in [-0.05, 0) is 36.9 Å². The van der Waals surface area contributed by atoms with Gasteiger partial charge in [0.05, 0.1) is 12.6 Å². The SMILES string of the molecule is CCOc1ccc(NC(CC)c2cccs2)cc1F. The summed E-state index contributed by atoms with van der Waals surface area (Å²) in [6.07, 6.45) is 0.954. The lowest BCUT2D eigenvalue weighted by Crippen LogP contribution is -2.08. The summed E-state index contributed by atoms with van der Waals surface area (Å²) in [5.41, 5.74) is 0.779. The summed E-state index contributed by atoms with van der Waals surface area (Å²) in [4.78, 5) is 1.26. The molecule has 0 fully saturated rings. The van der Waals surface area contributed by atoms with E-state index < -0.39 is 0 Å². The largest absolute Gasteiger partial charge is 0.491 e. The molecule has 0 saturated carbocycles. The Kier molecular flexibility index (Phi) is 4.80. The van der Waals surface area contributed by atoms with Gasteiger partial charge in [-0.1, -0.05) is 13.0 Å². The van der Waals surface area contributed by atoms with Crippen LogP contribution in [0.5, 0.6) is 5.75 Å². The molecule has 0 aliphatic carbocycles. The minimum absolute atomic E-state index is 0.220. The molecule has 2 aromatic rings. The maximum absolute atomic E-state index is 13.8. The van der Waals surface area contributed by atoms with Crippen LogP contribution in [0.25, 0.3) is 0 Å². The topological polar surface area (TPSA) is 21.3 Å². The zero-order valence-electron chi connectivity index (χ0n) is 11.2. The molecular formula is C15H18FNOS. The van der Waals surface area contributed by atoms with Crippen molar-refractivity contribution >= 4 is 17.0 Å². The molecule has 0 saturated heterocycles. The third kappa shape index (κ3) is 3.47. The quantitative estimate of drug-likeness (QED) is 0.816. The van der Waals surface area contributed by atoms with E-state index in [1.807, 2.05) is 19.1 Å². The molecule has 0 aliphatic heterocycles. The van der Waals surface area contributed by atoms with E-state index in [4.69, 9.17) is 4.74 Å². The first kappa shape index (κ1) is 13.9. The highest BCUT2D eigenvalue weighted by atomic mass is 32.1. The molecule has 1 N–H and O–H groups in total. The molecule has 102 valence electrons. The predicted molar refractivity (Wildman–Crippen MR) is 78.5 cm³/mol. The first-order valence-electron chi connectivity index (χ1n) is 6.46. The maximum atomic E-state index is 13.8. The molecular weight excluding hydrogens is 261 g/mol. The van der Waals surface area contributed by atoms with E-state index in [0.29, 0.717) is 12.4 Å². The van der Waals surface area contributed by atoms with Crippen LogP contribution in [0.2, 0.25) is 0 Å². The summed E-state index contributed by atoms with van der Waals surface area (Å²) in [6, 6.07) is 9.35. The first-order valence-corrected chi connectivity index (χ1v) is 7.34. The lowest BCUT2D eigenvalue weighted by atomic mass is 10.1. The fourth-order valence-electron chi connectivity index (χ4n) is 1.93. The highest BCUT2D eigenvalue weighted by Gasteiger charge is 2.11. The van der Waals surface area contributed by atoms with Crippen molar-refractivity contribution in [3.05, 3.63) is 46.4 Å². The molecule has 1 atom stereocenters. The van der Waals surface area contributed by atoms with Crippen molar-refractivity contribution in [2.24, 2.45) is 0 Å². The van der Waals surface area contributed by atoms with Crippen LogP contribution >= 0.6 is 11.3 Å². The van der Waals surface area contributed by atoms with Gasteiger partial charge in [-0.3, -0.25) is 0 Å². The van der Waals surface area contributed by atoms with E-state index in [2.05, 4.69) is 23.7 Å². The molecule has 0 bridgehead atoms. The Morgan fingerprint density at radius 3 is 2.74 bits per heavy atom. The minimum Gasteiger partial charge on any atom is -0.491 e. The van der Waals surface area contributed by atoms with Gasteiger partial charge < -0.3 is 10.1 Å². The van der Waals surface area contributed by atoms with Gasteiger partial charge in [-0.25, -0.2) is 4.39 Å². The zero-order valence-corrected chi connectivity index (χ0v) is 12.0. The third-order valence-corrected chi connectivity index (χ3v) is 3.85. The van der Waals surface area contributed by atoms with E-state index in [1.165, 1.54) is 10.9 Å². The van der Waals surface area contributed by atoms with Crippen molar-refractivity contribution < 1.29 is 9.13 Å². The molecule has 1 aromatic carbocycles. The normalized spacial score (nSPS) is 12.2. The lowest BCUT2D eigenvalue weighted by Gasteiger charge is -2.17. The van der Waals surface area contributed by atoms with Crippen molar-refractivity contribution in [3.8, 4) is 5.75 Å². The molecule has 1 aromatic heterocycles.